The second-order valence-corrected chi connectivity index (χ2v) is 3.56. The fraction of sp³-hybridized carbons (Fsp3) is 0.700. The third kappa shape index (κ3) is 4.61. The summed E-state index contributed by atoms with van der Waals surface area (Å²) in [5.74, 6) is 0. The second-order valence-electron chi connectivity index (χ2n) is 3.56. The molecular formula is C10H19N3O3. The molecule has 1 aromatic rings. The van der Waals surface area contributed by atoms with Gasteiger partial charge in [0.05, 0.1) is 44.9 Å². The molecule has 1 rings (SSSR count). The molecule has 0 saturated carbocycles. The Morgan fingerprint density at radius 3 is 3.00 bits per heavy atom. The monoisotopic (exact) mass is 229 g/mol. The number of hydrogen-bond acceptors (Lipinski definition) is 5. The van der Waals surface area contributed by atoms with Crippen molar-refractivity contribution >= 4 is 5.69 Å². The molecule has 3 N–H and O–H groups in total. The van der Waals surface area contributed by atoms with Crippen LogP contribution in [0.15, 0.2) is 12.4 Å². The highest BCUT2D eigenvalue weighted by atomic mass is 16.5. The Morgan fingerprint density at radius 1 is 1.50 bits per heavy atom. The maximum Gasteiger partial charge on any atom is 0.0729 e. The van der Waals surface area contributed by atoms with E-state index in [2.05, 4.69) is 10.4 Å². The van der Waals surface area contributed by atoms with Crippen molar-refractivity contribution in [1.29, 1.82) is 0 Å². The first kappa shape index (κ1) is 13.0. The molecular weight excluding hydrogens is 210 g/mol. The summed E-state index contributed by atoms with van der Waals surface area (Å²) in [5.41, 5.74) is 0.878. The lowest BCUT2D eigenvalue weighted by Gasteiger charge is -2.09. The predicted octanol–water partition coefficient (Wildman–Crippen LogP) is -0.315. The van der Waals surface area contributed by atoms with Crippen molar-refractivity contribution in [2.75, 3.05) is 31.7 Å². The minimum Gasteiger partial charge on any atom is -0.394 e. The van der Waals surface area contributed by atoms with E-state index in [4.69, 9.17) is 14.9 Å². The third-order valence-corrected chi connectivity index (χ3v) is 2.02. The third-order valence-electron chi connectivity index (χ3n) is 2.02. The Labute approximate surface area is 94.8 Å². The lowest BCUT2D eigenvalue weighted by Crippen LogP contribution is -2.18. The van der Waals surface area contributed by atoms with Crippen LogP contribution in [-0.2, 0) is 11.3 Å². The summed E-state index contributed by atoms with van der Waals surface area (Å²) in [6, 6.07) is 0.0169. The van der Waals surface area contributed by atoms with Crippen molar-refractivity contribution in [2.45, 2.75) is 19.5 Å². The molecule has 1 heterocycles. The topological polar surface area (TPSA) is 79.5 Å². The maximum atomic E-state index is 8.87. The average Bonchev–Trinajstić information content (AvgIpc) is 2.72. The van der Waals surface area contributed by atoms with E-state index < -0.39 is 0 Å². The summed E-state index contributed by atoms with van der Waals surface area (Å²) >= 11 is 0. The van der Waals surface area contributed by atoms with E-state index in [0.29, 0.717) is 19.8 Å². The van der Waals surface area contributed by atoms with E-state index >= 15 is 0 Å². The molecule has 0 saturated heterocycles. The number of aromatic nitrogens is 2. The number of aliphatic hydroxyl groups is 2. The zero-order valence-corrected chi connectivity index (χ0v) is 9.46. The molecule has 0 aromatic carbocycles. The first-order chi connectivity index (χ1) is 7.76. The largest absolute Gasteiger partial charge is 0.394 e. The van der Waals surface area contributed by atoms with Crippen LogP contribution in [0, 0.1) is 0 Å². The zero-order chi connectivity index (χ0) is 11.8. The van der Waals surface area contributed by atoms with Gasteiger partial charge in [0.1, 0.15) is 0 Å². The maximum absolute atomic E-state index is 8.87. The number of hydrogen-bond donors (Lipinski definition) is 3. The first-order valence-corrected chi connectivity index (χ1v) is 5.34. The van der Waals surface area contributed by atoms with Crippen molar-refractivity contribution in [3.8, 4) is 0 Å². The molecule has 6 nitrogen and oxygen atoms in total. The van der Waals surface area contributed by atoms with Gasteiger partial charge in [-0.3, -0.25) is 4.68 Å². The van der Waals surface area contributed by atoms with Gasteiger partial charge in [-0.15, -0.1) is 0 Å². The smallest absolute Gasteiger partial charge is 0.0729 e. The molecule has 0 bridgehead atoms. The van der Waals surface area contributed by atoms with E-state index in [1.54, 1.807) is 10.9 Å². The second kappa shape index (κ2) is 7.21. The van der Waals surface area contributed by atoms with Crippen molar-refractivity contribution in [3.05, 3.63) is 12.4 Å². The van der Waals surface area contributed by atoms with Gasteiger partial charge in [-0.25, -0.2) is 0 Å². The van der Waals surface area contributed by atoms with Crippen molar-refractivity contribution < 1.29 is 14.9 Å². The van der Waals surface area contributed by atoms with Crippen molar-refractivity contribution in [3.63, 3.8) is 0 Å². The van der Waals surface area contributed by atoms with Gasteiger partial charge in [0, 0.05) is 12.2 Å². The lowest BCUT2D eigenvalue weighted by atomic mass is 10.3. The predicted molar refractivity (Wildman–Crippen MR) is 60.3 cm³/mol. The SMILES string of the molecule is CC(CO)Nc1cnn(CCOCCO)c1. The molecule has 0 amide bonds. The normalized spacial score (nSPS) is 12.7. The van der Waals surface area contributed by atoms with Crippen LogP contribution in [0.2, 0.25) is 0 Å². The van der Waals surface area contributed by atoms with Gasteiger partial charge in [0.25, 0.3) is 0 Å². The van der Waals surface area contributed by atoms with Crippen LogP contribution in [0.5, 0.6) is 0 Å². The number of anilines is 1. The Balaban J connectivity index is 2.28. The molecule has 92 valence electrons. The fourth-order valence-corrected chi connectivity index (χ4v) is 1.22. The molecule has 16 heavy (non-hydrogen) atoms. The summed E-state index contributed by atoms with van der Waals surface area (Å²) < 4.78 is 6.88. The Bertz CT molecular complexity index is 291. The highest BCUT2D eigenvalue weighted by Crippen LogP contribution is 2.06. The molecule has 6 heteroatoms. The number of rotatable bonds is 8. The van der Waals surface area contributed by atoms with E-state index in [-0.39, 0.29) is 19.3 Å². The Morgan fingerprint density at radius 2 is 2.31 bits per heavy atom. The summed E-state index contributed by atoms with van der Waals surface area (Å²) in [4.78, 5) is 0. The van der Waals surface area contributed by atoms with Gasteiger partial charge in [-0.1, -0.05) is 0 Å². The number of nitrogens with one attached hydrogen (secondary N) is 1. The standard InChI is InChI=1S/C10H19N3O3/c1-9(8-15)12-10-6-11-13(7-10)2-4-16-5-3-14/h6-7,9,12,14-15H,2-5,8H2,1H3. The molecule has 0 radical (unpaired) electrons. The van der Waals surface area contributed by atoms with Gasteiger partial charge in [-0.2, -0.15) is 5.10 Å². The van der Waals surface area contributed by atoms with Crippen molar-refractivity contribution in [1.82, 2.24) is 9.78 Å². The summed E-state index contributed by atoms with van der Waals surface area (Å²) in [7, 11) is 0. The van der Waals surface area contributed by atoms with E-state index in [0.717, 1.165) is 5.69 Å². The van der Waals surface area contributed by atoms with Gasteiger partial charge < -0.3 is 20.3 Å². The quantitative estimate of drug-likeness (QED) is 0.533. The number of aliphatic hydroxyl groups excluding tert-OH is 2. The van der Waals surface area contributed by atoms with E-state index in [1.807, 2.05) is 13.1 Å². The lowest BCUT2D eigenvalue weighted by molar-refractivity contribution is 0.0854. The Hall–Kier alpha value is -1.11. The molecule has 1 unspecified atom stereocenters. The van der Waals surface area contributed by atoms with Crippen LogP contribution >= 0.6 is 0 Å². The number of nitrogens with zero attached hydrogens (tertiary/aromatic N) is 2. The van der Waals surface area contributed by atoms with Gasteiger partial charge in [0.15, 0.2) is 0 Å². The summed E-state index contributed by atoms with van der Waals surface area (Å²) in [6.07, 6.45) is 3.56. The van der Waals surface area contributed by atoms with Gasteiger partial charge in [-0.05, 0) is 6.92 Å². The zero-order valence-electron chi connectivity index (χ0n) is 9.46. The van der Waals surface area contributed by atoms with Crippen LogP contribution in [0.4, 0.5) is 5.69 Å². The molecule has 0 aliphatic rings. The Kier molecular flexibility index (Phi) is 5.84. The molecule has 1 atom stereocenters. The summed E-state index contributed by atoms with van der Waals surface area (Å²) in [6.45, 7) is 3.55. The average molecular weight is 229 g/mol. The molecule has 0 spiro atoms. The minimum absolute atomic E-state index is 0.0169. The molecule has 0 aliphatic heterocycles. The van der Waals surface area contributed by atoms with Crippen LogP contribution in [0.3, 0.4) is 0 Å². The fourth-order valence-electron chi connectivity index (χ4n) is 1.22. The van der Waals surface area contributed by atoms with Crippen LogP contribution in [0.25, 0.3) is 0 Å². The minimum atomic E-state index is 0.0169. The molecule has 0 aliphatic carbocycles. The first-order valence-electron chi connectivity index (χ1n) is 5.34. The highest BCUT2D eigenvalue weighted by molar-refractivity contribution is 5.38. The molecule has 0 fully saturated rings. The highest BCUT2D eigenvalue weighted by Gasteiger charge is 2.02. The van der Waals surface area contributed by atoms with Crippen LogP contribution < -0.4 is 5.32 Å². The number of ether oxygens (including phenoxy) is 1. The van der Waals surface area contributed by atoms with Crippen molar-refractivity contribution in [2.24, 2.45) is 0 Å². The summed E-state index contributed by atoms with van der Waals surface area (Å²) in [5, 5.41) is 24.6. The van der Waals surface area contributed by atoms with Gasteiger partial charge >= 0.3 is 0 Å². The van der Waals surface area contributed by atoms with Crippen LogP contribution in [-0.4, -0.2) is 52.5 Å². The van der Waals surface area contributed by atoms with Gasteiger partial charge in [0.2, 0.25) is 0 Å². The van der Waals surface area contributed by atoms with E-state index in [1.165, 1.54) is 0 Å². The molecule has 1 aromatic heterocycles. The van der Waals surface area contributed by atoms with E-state index in [9.17, 15) is 0 Å². The van der Waals surface area contributed by atoms with Crippen LogP contribution in [0.1, 0.15) is 6.92 Å².